The SMILES string of the molecule is COc1ccc(C2(CN=C(N)Nc3ccc(OC)c(OC)c3)CCOCC2)cc1. The zero-order chi connectivity index (χ0) is 20.7. The quantitative estimate of drug-likeness (QED) is 0.549. The molecule has 0 atom stereocenters. The monoisotopic (exact) mass is 399 g/mol. The largest absolute Gasteiger partial charge is 0.497 e. The third kappa shape index (κ3) is 4.92. The van der Waals surface area contributed by atoms with E-state index in [0.29, 0.717) is 37.2 Å². The highest BCUT2D eigenvalue weighted by atomic mass is 16.5. The smallest absolute Gasteiger partial charge is 0.193 e. The van der Waals surface area contributed by atoms with Crippen LogP contribution in [0.5, 0.6) is 17.2 Å². The molecule has 7 nitrogen and oxygen atoms in total. The Morgan fingerprint density at radius 2 is 1.69 bits per heavy atom. The summed E-state index contributed by atoms with van der Waals surface area (Å²) in [6, 6.07) is 13.7. The summed E-state index contributed by atoms with van der Waals surface area (Å²) >= 11 is 0. The molecule has 1 fully saturated rings. The molecule has 3 rings (SSSR count). The highest BCUT2D eigenvalue weighted by Crippen LogP contribution is 2.36. The third-order valence-corrected chi connectivity index (χ3v) is 5.36. The maximum absolute atomic E-state index is 6.18. The molecule has 0 aromatic heterocycles. The molecule has 29 heavy (non-hydrogen) atoms. The number of hydrogen-bond acceptors (Lipinski definition) is 5. The number of rotatable bonds is 7. The van der Waals surface area contributed by atoms with Gasteiger partial charge in [0.05, 0.1) is 27.9 Å². The predicted molar refractivity (Wildman–Crippen MR) is 114 cm³/mol. The lowest BCUT2D eigenvalue weighted by atomic mass is 9.74. The first-order valence-electron chi connectivity index (χ1n) is 9.61. The van der Waals surface area contributed by atoms with Crippen molar-refractivity contribution in [3.8, 4) is 17.2 Å². The van der Waals surface area contributed by atoms with Crippen LogP contribution in [-0.4, -0.2) is 47.0 Å². The van der Waals surface area contributed by atoms with Gasteiger partial charge in [-0.1, -0.05) is 12.1 Å². The van der Waals surface area contributed by atoms with Crippen molar-refractivity contribution in [1.29, 1.82) is 0 Å². The zero-order valence-electron chi connectivity index (χ0n) is 17.2. The van der Waals surface area contributed by atoms with Gasteiger partial charge in [-0.3, -0.25) is 4.99 Å². The van der Waals surface area contributed by atoms with E-state index in [1.807, 2.05) is 30.3 Å². The topological polar surface area (TPSA) is 87.3 Å². The van der Waals surface area contributed by atoms with Crippen molar-refractivity contribution in [2.45, 2.75) is 18.3 Å². The molecule has 1 heterocycles. The summed E-state index contributed by atoms with van der Waals surface area (Å²) in [7, 11) is 4.88. The van der Waals surface area contributed by atoms with Crippen molar-refractivity contribution in [3.05, 3.63) is 48.0 Å². The molecule has 0 amide bonds. The van der Waals surface area contributed by atoms with E-state index >= 15 is 0 Å². The Balaban J connectivity index is 1.76. The van der Waals surface area contributed by atoms with Crippen molar-refractivity contribution in [2.75, 3.05) is 46.4 Å². The molecule has 0 radical (unpaired) electrons. The highest BCUT2D eigenvalue weighted by molar-refractivity contribution is 5.92. The van der Waals surface area contributed by atoms with E-state index in [-0.39, 0.29) is 5.41 Å². The van der Waals surface area contributed by atoms with Gasteiger partial charge < -0.3 is 30.0 Å². The summed E-state index contributed by atoms with van der Waals surface area (Å²) in [6.07, 6.45) is 1.79. The minimum absolute atomic E-state index is 0.103. The van der Waals surface area contributed by atoms with Crippen molar-refractivity contribution >= 4 is 11.6 Å². The summed E-state index contributed by atoms with van der Waals surface area (Å²) < 4.78 is 21.5. The van der Waals surface area contributed by atoms with Gasteiger partial charge in [0.1, 0.15) is 5.75 Å². The maximum atomic E-state index is 6.18. The molecule has 0 spiro atoms. The molecule has 1 aliphatic heterocycles. The molecular formula is C22H29N3O4. The van der Waals surface area contributed by atoms with Crippen LogP contribution < -0.4 is 25.3 Å². The third-order valence-electron chi connectivity index (χ3n) is 5.36. The van der Waals surface area contributed by atoms with Crippen molar-refractivity contribution in [1.82, 2.24) is 0 Å². The molecular weight excluding hydrogens is 370 g/mol. The minimum atomic E-state index is -0.103. The first kappa shape index (κ1) is 20.8. The van der Waals surface area contributed by atoms with Crippen LogP contribution >= 0.6 is 0 Å². The first-order chi connectivity index (χ1) is 14.1. The summed E-state index contributed by atoms with van der Waals surface area (Å²) in [5.74, 6) is 2.49. The molecule has 1 saturated heterocycles. The Kier molecular flexibility index (Phi) is 6.82. The molecule has 0 unspecified atom stereocenters. The molecule has 0 saturated carbocycles. The van der Waals surface area contributed by atoms with Crippen molar-refractivity contribution in [2.24, 2.45) is 10.7 Å². The van der Waals surface area contributed by atoms with Gasteiger partial charge in [-0.2, -0.15) is 0 Å². The Morgan fingerprint density at radius 3 is 2.31 bits per heavy atom. The van der Waals surface area contributed by atoms with Gasteiger partial charge in [0.15, 0.2) is 17.5 Å². The number of guanidine groups is 1. The summed E-state index contributed by atoms with van der Waals surface area (Å²) in [5.41, 5.74) is 8.09. The molecule has 2 aromatic carbocycles. The Labute approximate surface area is 171 Å². The van der Waals surface area contributed by atoms with E-state index in [9.17, 15) is 0 Å². The lowest BCUT2D eigenvalue weighted by Gasteiger charge is -2.36. The number of hydrogen-bond donors (Lipinski definition) is 2. The van der Waals surface area contributed by atoms with Gasteiger partial charge in [-0.15, -0.1) is 0 Å². The Hall–Kier alpha value is -2.93. The molecule has 7 heteroatoms. The molecule has 156 valence electrons. The molecule has 0 bridgehead atoms. The van der Waals surface area contributed by atoms with Crippen LogP contribution in [0.4, 0.5) is 5.69 Å². The van der Waals surface area contributed by atoms with E-state index in [4.69, 9.17) is 24.7 Å². The average Bonchev–Trinajstić information content (AvgIpc) is 2.78. The maximum Gasteiger partial charge on any atom is 0.193 e. The van der Waals surface area contributed by atoms with Gasteiger partial charge in [-0.25, -0.2) is 0 Å². The molecule has 2 aromatic rings. The minimum Gasteiger partial charge on any atom is -0.497 e. The number of ether oxygens (including phenoxy) is 4. The fourth-order valence-electron chi connectivity index (χ4n) is 3.58. The Bertz CT molecular complexity index is 830. The second kappa shape index (κ2) is 9.52. The second-order valence-corrected chi connectivity index (χ2v) is 7.02. The van der Waals surface area contributed by atoms with Crippen LogP contribution in [0.3, 0.4) is 0 Å². The van der Waals surface area contributed by atoms with Gasteiger partial charge in [0, 0.05) is 30.4 Å². The van der Waals surface area contributed by atoms with Crippen LogP contribution in [0.25, 0.3) is 0 Å². The van der Waals surface area contributed by atoms with Crippen LogP contribution in [-0.2, 0) is 10.2 Å². The van der Waals surface area contributed by atoms with Gasteiger partial charge >= 0.3 is 0 Å². The number of anilines is 1. The number of aliphatic imine (C=N–C) groups is 1. The second-order valence-electron chi connectivity index (χ2n) is 7.02. The van der Waals surface area contributed by atoms with Crippen molar-refractivity contribution < 1.29 is 18.9 Å². The van der Waals surface area contributed by atoms with Crippen LogP contribution in [0.15, 0.2) is 47.5 Å². The van der Waals surface area contributed by atoms with E-state index in [1.165, 1.54) is 5.56 Å². The molecule has 1 aliphatic rings. The number of nitrogens with one attached hydrogen (secondary N) is 1. The number of benzene rings is 2. The molecule has 0 aliphatic carbocycles. The van der Waals surface area contributed by atoms with Crippen LogP contribution in [0.2, 0.25) is 0 Å². The van der Waals surface area contributed by atoms with Crippen LogP contribution in [0, 0.1) is 0 Å². The summed E-state index contributed by atoms with van der Waals surface area (Å²) in [5, 5.41) is 3.14. The van der Waals surface area contributed by atoms with Gasteiger partial charge in [0.25, 0.3) is 0 Å². The molecule has 3 N–H and O–H groups in total. The van der Waals surface area contributed by atoms with E-state index in [1.54, 1.807) is 21.3 Å². The standard InChI is InChI=1S/C22H29N3O4/c1-26-18-7-4-16(5-8-18)22(10-12-29-13-11-22)15-24-21(23)25-17-6-9-19(27-2)20(14-17)28-3/h4-9,14H,10-13,15H2,1-3H3,(H3,23,24,25). The van der Waals surface area contributed by atoms with Crippen molar-refractivity contribution in [3.63, 3.8) is 0 Å². The normalized spacial score (nSPS) is 16.2. The number of methoxy groups -OCH3 is 3. The summed E-state index contributed by atoms with van der Waals surface area (Å²) in [6.45, 7) is 2.00. The van der Waals surface area contributed by atoms with E-state index < -0.39 is 0 Å². The lowest BCUT2D eigenvalue weighted by Crippen LogP contribution is -2.38. The van der Waals surface area contributed by atoms with Crippen LogP contribution in [0.1, 0.15) is 18.4 Å². The van der Waals surface area contributed by atoms with Gasteiger partial charge in [-0.05, 0) is 42.7 Å². The fourth-order valence-corrected chi connectivity index (χ4v) is 3.58. The Morgan fingerprint density at radius 1 is 1.00 bits per heavy atom. The summed E-state index contributed by atoms with van der Waals surface area (Å²) in [4.78, 5) is 4.66. The zero-order valence-corrected chi connectivity index (χ0v) is 17.2. The lowest BCUT2D eigenvalue weighted by molar-refractivity contribution is 0.0531. The van der Waals surface area contributed by atoms with E-state index in [2.05, 4.69) is 22.4 Å². The predicted octanol–water partition coefficient (Wildman–Crippen LogP) is 3.19. The first-order valence-corrected chi connectivity index (χ1v) is 9.61. The van der Waals surface area contributed by atoms with E-state index in [0.717, 1.165) is 24.3 Å². The average molecular weight is 399 g/mol. The van der Waals surface area contributed by atoms with Gasteiger partial charge in [0.2, 0.25) is 0 Å². The highest BCUT2D eigenvalue weighted by Gasteiger charge is 2.34. The number of nitrogens with zero attached hydrogens (tertiary/aromatic N) is 1. The fraction of sp³-hybridized carbons (Fsp3) is 0.409. The number of nitrogens with two attached hydrogens (primary N) is 1.